The van der Waals surface area contributed by atoms with E-state index in [1.165, 1.54) is 0 Å². The molecule has 5 rings (SSSR count). The van der Waals surface area contributed by atoms with E-state index in [-0.39, 0.29) is 30.8 Å². The number of ether oxygens (including phenoxy) is 4. The second-order valence-corrected chi connectivity index (χ2v) is 10.6. The third-order valence-corrected chi connectivity index (χ3v) is 6.67. The van der Waals surface area contributed by atoms with Crippen molar-refractivity contribution in [3.63, 3.8) is 0 Å². The van der Waals surface area contributed by atoms with Crippen molar-refractivity contribution >= 4 is 29.1 Å². The maximum Gasteiger partial charge on any atom is 0.338 e. The molecule has 0 saturated carbocycles. The number of nitrogen functional groups attached to an aromatic ring is 1. The van der Waals surface area contributed by atoms with Crippen LogP contribution < -0.4 is 10.5 Å². The molecule has 0 aliphatic carbocycles. The average Bonchev–Trinajstić information content (AvgIpc) is 3.54. The Bertz CT molecular complexity index is 1530. The molecular formula is C30H33N5O6. The summed E-state index contributed by atoms with van der Waals surface area (Å²) in [5.74, 6) is -0.424. The molecule has 2 aromatic carbocycles. The van der Waals surface area contributed by atoms with Gasteiger partial charge in [-0.1, -0.05) is 49.2 Å². The van der Waals surface area contributed by atoms with Gasteiger partial charge in [0.25, 0.3) is 0 Å². The highest BCUT2D eigenvalue weighted by Gasteiger charge is 2.41. The summed E-state index contributed by atoms with van der Waals surface area (Å²) in [6.45, 7) is 8.21. The van der Waals surface area contributed by atoms with Crippen molar-refractivity contribution in [2.45, 2.75) is 52.6 Å². The highest BCUT2D eigenvalue weighted by Crippen LogP contribution is 2.36. The third kappa shape index (κ3) is 6.46. The number of fused-ring (bicyclic) bond motifs is 1. The van der Waals surface area contributed by atoms with Gasteiger partial charge in [0.2, 0.25) is 11.8 Å². The van der Waals surface area contributed by atoms with E-state index in [9.17, 15) is 9.59 Å². The first-order chi connectivity index (χ1) is 19.7. The number of nitrogens with zero attached hydrogens (tertiary/aromatic N) is 4. The van der Waals surface area contributed by atoms with E-state index in [2.05, 4.69) is 15.0 Å². The molecule has 11 heteroatoms. The summed E-state index contributed by atoms with van der Waals surface area (Å²) in [5.41, 5.74) is 9.63. The van der Waals surface area contributed by atoms with Crippen LogP contribution in [-0.2, 0) is 14.2 Å². The predicted octanol–water partition coefficient (Wildman–Crippen LogP) is 4.43. The Balaban J connectivity index is 1.40. The molecule has 2 N–H and O–H groups in total. The van der Waals surface area contributed by atoms with E-state index in [1.807, 2.05) is 52.0 Å². The molecule has 1 fully saturated rings. The Labute approximate surface area is 237 Å². The lowest BCUT2D eigenvalue weighted by Gasteiger charge is -2.19. The van der Waals surface area contributed by atoms with Gasteiger partial charge < -0.3 is 24.7 Å². The van der Waals surface area contributed by atoms with Gasteiger partial charge in [-0.3, -0.25) is 4.57 Å². The average molecular weight is 560 g/mol. The summed E-state index contributed by atoms with van der Waals surface area (Å²) >= 11 is 0. The van der Waals surface area contributed by atoms with Crippen LogP contribution in [0.1, 0.15) is 58.3 Å². The van der Waals surface area contributed by atoms with Crippen LogP contribution in [0.5, 0.6) is 5.88 Å². The van der Waals surface area contributed by atoms with Gasteiger partial charge >= 0.3 is 11.9 Å². The second kappa shape index (κ2) is 11.9. The topological polar surface area (TPSA) is 141 Å². The Morgan fingerprint density at radius 1 is 1.00 bits per heavy atom. The molecule has 4 aromatic rings. The van der Waals surface area contributed by atoms with Gasteiger partial charge in [0.15, 0.2) is 11.2 Å². The highest BCUT2D eigenvalue weighted by molar-refractivity contribution is 5.90. The fraction of sp³-hybridized carbons (Fsp3) is 0.367. The molecular weight excluding hydrogens is 526 g/mol. The van der Waals surface area contributed by atoms with Crippen LogP contribution in [0.15, 0.2) is 54.9 Å². The Morgan fingerprint density at radius 3 is 2.27 bits per heavy atom. The molecule has 41 heavy (non-hydrogen) atoms. The first-order valence-electron chi connectivity index (χ1n) is 13.5. The third-order valence-electron chi connectivity index (χ3n) is 6.67. The number of aromatic nitrogens is 4. The first kappa shape index (κ1) is 28.0. The summed E-state index contributed by atoms with van der Waals surface area (Å²) in [6.07, 6.45) is -0.259. The smallest absolute Gasteiger partial charge is 0.338 e. The minimum atomic E-state index is -0.740. The van der Waals surface area contributed by atoms with Gasteiger partial charge in [-0.25, -0.2) is 14.6 Å². The van der Waals surface area contributed by atoms with E-state index in [4.69, 9.17) is 24.7 Å². The molecule has 2 aromatic heterocycles. The SMILES string of the molecule is Cc1ccc(C(=O)OC[C@H]2O[C@@H](n3cnc4nc(N)nc(OCC(C)C)c43)C[C@@H]2OC(=O)c2ccc(C)cc2)cc1. The number of anilines is 1. The molecule has 3 atom stereocenters. The van der Waals surface area contributed by atoms with Gasteiger partial charge in [-0.15, -0.1) is 0 Å². The van der Waals surface area contributed by atoms with Crippen molar-refractivity contribution < 1.29 is 28.5 Å². The van der Waals surface area contributed by atoms with Gasteiger partial charge in [0.05, 0.1) is 24.1 Å². The van der Waals surface area contributed by atoms with Crippen molar-refractivity contribution in [3.8, 4) is 5.88 Å². The summed E-state index contributed by atoms with van der Waals surface area (Å²) in [4.78, 5) is 38.7. The number of carbonyl (C=O) groups excluding carboxylic acids is 2. The van der Waals surface area contributed by atoms with Gasteiger partial charge in [0, 0.05) is 6.42 Å². The maximum absolute atomic E-state index is 13.0. The van der Waals surface area contributed by atoms with Gasteiger partial charge in [0.1, 0.15) is 25.0 Å². The monoisotopic (exact) mass is 559 g/mol. The molecule has 3 heterocycles. The Kier molecular flexibility index (Phi) is 8.16. The van der Waals surface area contributed by atoms with Crippen LogP contribution >= 0.6 is 0 Å². The fourth-order valence-corrected chi connectivity index (χ4v) is 4.47. The molecule has 0 unspecified atom stereocenters. The number of rotatable bonds is 9. The molecule has 1 aliphatic rings. The molecule has 214 valence electrons. The van der Waals surface area contributed by atoms with Crippen LogP contribution in [0.25, 0.3) is 11.2 Å². The number of hydrogen-bond acceptors (Lipinski definition) is 10. The van der Waals surface area contributed by atoms with Gasteiger partial charge in [-0.05, 0) is 44.0 Å². The van der Waals surface area contributed by atoms with Crippen molar-refractivity contribution in [1.29, 1.82) is 0 Å². The zero-order valence-electron chi connectivity index (χ0n) is 23.4. The maximum atomic E-state index is 13.0. The van der Waals surface area contributed by atoms with Crippen molar-refractivity contribution in [2.75, 3.05) is 18.9 Å². The Morgan fingerprint density at radius 2 is 1.63 bits per heavy atom. The molecule has 11 nitrogen and oxygen atoms in total. The zero-order chi connectivity index (χ0) is 29.1. The van der Waals surface area contributed by atoms with Crippen LogP contribution in [0.2, 0.25) is 0 Å². The van der Waals surface area contributed by atoms with Crippen LogP contribution in [0.4, 0.5) is 5.95 Å². The summed E-state index contributed by atoms with van der Waals surface area (Å²) < 4.78 is 25.5. The molecule has 0 radical (unpaired) electrons. The number of benzene rings is 2. The highest BCUT2D eigenvalue weighted by atomic mass is 16.6. The summed E-state index contributed by atoms with van der Waals surface area (Å²) in [7, 11) is 0. The second-order valence-electron chi connectivity index (χ2n) is 10.6. The zero-order valence-corrected chi connectivity index (χ0v) is 23.4. The number of imidazole rings is 1. The number of carbonyl (C=O) groups is 2. The molecule has 1 aliphatic heterocycles. The Hall–Kier alpha value is -4.51. The lowest BCUT2D eigenvalue weighted by molar-refractivity contribution is -0.0563. The summed E-state index contributed by atoms with van der Waals surface area (Å²) in [6, 6.07) is 14.2. The van der Waals surface area contributed by atoms with Crippen molar-refractivity contribution in [2.24, 2.45) is 5.92 Å². The quantitative estimate of drug-likeness (QED) is 0.293. The normalized spacial score (nSPS) is 18.5. The van der Waals surface area contributed by atoms with E-state index in [0.717, 1.165) is 11.1 Å². The molecule has 0 amide bonds. The molecule has 1 saturated heterocycles. The number of hydrogen-bond donors (Lipinski definition) is 1. The lowest BCUT2D eigenvalue weighted by atomic mass is 10.1. The van der Waals surface area contributed by atoms with E-state index >= 15 is 0 Å². The predicted molar refractivity (Wildman–Crippen MR) is 150 cm³/mol. The van der Waals surface area contributed by atoms with Crippen molar-refractivity contribution in [3.05, 3.63) is 77.1 Å². The summed E-state index contributed by atoms with van der Waals surface area (Å²) in [5, 5.41) is 0. The van der Waals surface area contributed by atoms with E-state index < -0.39 is 30.4 Å². The standard InChI is InChI=1S/C30H33N5O6/c1-17(2)14-38-27-25-26(33-30(31)34-27)32-16-35(25)24-13-22(41-29(37)21-11-7-19(4)8-12-21)23(40-24)15-39-28(36)20-9-5-18(3)6-10-20/h5-12,16-17,22-24H,13-15H2,1-4H3,(H2,31,33,34)/t22-,23+,24+/m0/s1. The molecule has 0 spiro atoms. The first-order valence-corrected chi connectivity index (χ1v) is 13.5. The number of aryl methyl sites for hydroxylation is 2. The van der Waals surface area contributed by atoms with Crippen LogP contribution in [-0.4, -0.2) is 56.9 Å². The van der Waals surface area contributed by atoms with E-state index in [0.29, 0.717) is 28.9 Å². The van der Waals surface area contributed by atoms with E-state index in [1.54, 1.807) is 35.2 Å². The van der Waals surface area contributed by atoms with Gasteiger partial charge in [-0.2, -0.15) is 9.97 Å². The minimum Gasteiger partial charge on any atom is -0.476 e. The van der Waals surface area contributed by atoms with Crippen molar-refractivity contribution in [1.82, 2.24) is 19.5 Å². The largest absolute Gasteiger partial charge is 0.476 e. The minimum absolute atomic E-state index is 0.0413. The fourth-order valence-electron chi connectivity index (χ4n) is 4.47. The number of nitrogens with two attached hydrogens (primary N) is 1. The lowest BCUT2D eigenvalue weighted by Crippen LogP contribution is -2.32. The molecule has 0 bridgehead atoms. The van der Waals surface area contributed by atoms with Crippen LogP contribution in [0, 0.1) is 19.8 Å². The number of esters is 2. The van der Waals surface area contributed by atoms with Crippen LogP contribution in [0.3, 0.4) is 0 Å².